The summed E-state index contributed by atoms with van der Waals surface area (Å²) in [5, 5.41) is 4.55. The second-order valence-electron chi connectivity index (χ2n) is 5.06. The highest BCUT2D eigenvalue weighted by molar-refractivity contribution is 7.14. The van der Waals surface area contributed by atoms with Gasteiger partial charge in [-0.15, -0.1) is 11.3 Å². The minimum Gasteiger partial charge on any atom is -0.339 e. The van der Waals surface area contributed by atoms with Crippen molar-refractivity contribution in [2.75, 3.05) is 25.0 Å². The van der Waals surface area contributed by atoms with E-state index in [1.54, 1.807) is 15.2 Å². The number of carbonyl (C=O) groups excluding carboxylic acids is 3. The van der Waals surface area contributed by atoms with Gasteiger partial charge in [0.1, 0.15) is 11.7 Å². The number of amides is 3. The van der Waals surface area contributed by atoms with Gasteiger partial charge in [0, 0.05) is 31.9 Å². The molecule has 1 saturated heterocycles. The number of hydrogen-bond donors (Lipinski definition) is 1. The lowest BCUT2D eigenvalue weighted by Gasteiger charge is -2.39. The van der Waals surface area contributed by atoms with E-state index < -0.39 is 6.04 Å². The van der Waals surface area contributed by atoms with E-state index in [9.17, 15) is 14.4 Å². The third kappa shape index (κ3) is 3.27. The fourth-order valence-corrected chi connectivity index (χ4v) is 3.25. The van der Waals surface area contributed by atoms with E-state index in [0.29, 0.717) is 31.2 Å². The van der Waals surface area contributed by atoms with Crippen LogP contribution in [0.1, 0.15) is 37.7 Å². The van der Waals surface area contributed by atoms with Crippen LogP contribution < -0.4 is 5.32 Å². The zero-order valence-electron chi connectivity index (χ0n) is 13.0. The predicted octanol–water partition coefficient (Wildman–Crippen LogP) is 1.18. The molecule has 0 unspecified atom stereocenters. The van der Waals surface area contributed by atoms with Crippen LogP contribution >= 0.6 is 11.3 Å². The molecular weight excluding hydrogens is 304 g/mol. The first kappa shape index (κ1) is 16.4. The van der Waals surface area contributed by atoms with E-state index in [2.05, 4.69) is 10.3 Å². The predicted molar refractivity (Wildman–Crippen MR) is 83.8 cm³/mol. The quantitative estimate of drug-likeness (QED) is 0.902. The van der Waals surface area contributed by atoms with Crippen LogP contribution in [0.3, 0.4) is 0 Å². The van der Waals surface area contributed by atoms with Gasteiger partial charge in [0.25, 0.3) is 5.91 Å². The van der Waals surface area contributed by atoms with Crippen molar-refractivity contribution in [2.24, 2.45) is 0 Å². The maximum absolute atomic E-state index is 12.6. The first-order valence-corrected chi connectivity index (χ1v) is 8.18. The Hall–Kier alpha value is -1.96. The number of nitrogens with one attached hydrogen (secondary N) is 1. The molecule has 7 nitrogen and oxygen atoms in total. The number of thiazole rings is 1. The van der Waals surface area contributed by atoms with E-state index in [1.165, 1.54) is 18.3 Å². The van der Waals surface area contributed by atoms with E-state index in [4.69, 9.17) is 0 Å². The molecule has 22 heavy (non-hydrogen) atoms. The number of hydrogen-bond acceptors (Lipinski definition) is 5. The monoisotopic (exact) mass is 324 g/mol. The van der Waals surface area contributed by atoms with Crippen LogP contribution in [0.15, 0.2) is 5.38 Å². The molecule has 0 spiro atoms. The highest BCUT2D eigenvalue weighted by Crippen LogP contribution is 2.21. The van der Waals surface area contributed by atoms with Crippen molar-refractivity contribution in [3.05, 3.63) is 11.1 Å². The number of carbonyl (C=O) groups is 3. The van der Waals surface area contributed by atoms with Gasteiger partial charge in [-0.3, -0.25) is 14.4 Å². The molecule has 1 atom stereocenters. The van der Waals surface area contributed by atoms with Gasteiger partial charge in [0.05, 0.1) is 0 Å². The summed E-state index contributed by atoms with van der Waals surface area (Å²) in [6, 6.07) is -0.438. The summed E-state index contributed by atoms with van der Waals surface area (Å²) in [5.74, 6) is -0.503. The molecule has 2 heterocycles. The maximum Gasteiger partial charge on any atom is 0.274 e. The van der Waals surface area contributed by atoms with Gasteiger partial charge in [-0.05, 0) is 13.3 Å². The first-order valence-electron chi connectivity index (χ1n) is 7.30. The first-order chi connectivity index (χ1) is 10.5. The molecular formula is C14H20N4O3S. The van der Waals surface area contributed by atoms with E-state index >= 15 is 0 Å². The molecule has 1 aliphatic heterocycles. The number of aromatic nitrogens is 1. The van der Waals surface area contributed by atoms with Gasteiger partial charge in [-0.1, -0.05) is 6.92 Å². The number of piperazine rings is 1. The van der Waals surface area contributed by atoms with Gasteiger partial charge >= 0.3 is 0 Å². The van der Waals surface area contributed by atoms with E-state index in [0.717, 1.165) is 0 Å². The molecule has 1 fully saturated rings. The molecule has 120 valence electrons. The summed E-state index contributed by atoms with van der Waals surface area (Å²) in [6.07, 6.45) is 0.573. The lowest BCUT2D eigenvalue weighted by atomic mass is 10.1. The Balaban J connectivity index is 2.16. The van der Waals surface area contributed by atoms with Crippen molar-refractivity contribution in [3.63, 3.8) is 0 Å². The molecule has 0 saturated carbocycles. The van der Waals surface area contributed by atoms with Crippen LogP contribution in [-0.4, -0.2) is 58.2 Å². The van der Waals surface area contributed by atoms with Gasteiger partial charge in [-0.25, -0.2) is 4.98 Å². The van der Waals surface area contributed by atoms with E-state index in [1.807, 2.05) is 13.8 Å². The zero-order valence-corrected chi connectivity index (χ0v) is 13.8. The van der Waals surface area contributed by atoms with E-state index in [-0.39, 0.29) is 23.4 Å². The number of rotatable bonds is 4. The standard InChI is InChI=1S/C14H20N4O3S/c1-4-11-13(21)17(5-2)6-7-18(11)12(20)10-8-22-14(16-10)15-9(3)19/h8,11H,4-7H2,1-3H3,(H,15,16,19)/t11-/m0/s1. The minimum absolute atomic E-state index is 0.0121. The van der Waals surface area contributed by atoms with Crippen LogP contribution in [0.2, 0.25) is 0 Å². The fourth-order valence-electron chi connectivity index (χ4n) is 2.52. The second kappa shape index (κ2) is 6.87. The lowest BCUT2D eigenvalue weighted by molar-refractivity contribution is -0.140. The van der Waals surface area contributed by atoms with Crippen molar-refractivity contribution in [1.29, 1.82) is 0 Å². The van der Waals surface area contributed by atoms with Gasteiger partial charge < -0.3 is 15.1 Å². The molecule has 0 bridgehead atoms. The summed E-state index contributed by atoms with van der Waals surface area (Å²) >= 11 is 1.20. The molecule has 1 aromatic rings. The van der Waals surface area contributed by atoms with Crippen molar-refractivity contribution in [1.82, 2.24) is 14.8 Å². The second-order valence-corrected chi connectivity index (χ2v) is 5.92. The molecule has 1 aliphatic rings. The van der Waals surface area contributed by atoms with Gasteiger partial charge in [0.2, 0.25) is 11.8 Å². The number of likely N-dealkylation sites (N-methyl/N-ethyl adjacent to an activating group) is 1. The fraction of sp³-hybridized carbons (Fsp3) is 0.571. The largest absolute Gasteiger partial charge is 0.339 e. The molecule has 0 aliphatic carbocycles. The molecule has 0 radical (unpaired) electrons. The molecule has 1 N–H and O–H groups in total. The van der Waals surface area contributed by atoms with Crippen LogP contribution in [-0.2, 0) is 9.59 Å². The van der Waals surface area contributed by atoms with Crippen molar-refractivity contribution < 1.29 is 14.4 Å². The Morgan fingerprint density at radius 2 is 2.14 bits per heavy atom. The van der Waals surface area contributed by atoms with Gasteiger partial charge in [-0.2, -0.15) is 0 Å². The molecule has 2 rings (SSSR count). The normalized spacial score (nSPS) is 18.5. The topological polar surface area (TPSA) is 82.6 Å². The van der Waals surface area contributed by atoms with Crippen molar-refractivity contribution in [2.45, 2.75) is 33.2 Å². The molecule has 1 aromatic heterocycles. The average molecular weight is 324 g/mol. The summed E-state index contributed by atoms with van der Waals surface area (Å²) < 4.78 is 0. The smallest absolute Gasteiger partial charge is 0.274 e. The highest BCUT2D eigenvalue weighted by atomic mass is 32.1. The summed E-state index contributed by atoms with van der Waals surface area (Å²) in [5.41, 5.74) is 0.268. The average Bonchev–Trinajstić information content (AvgIpc) is 2.93. The van der Waals surface area contributed by atoms with Crippen LogP contribution in [0.5, 0.6) is 0 Å². The van der Waals surface area contributed by atoms with Gasteiger partial charge in [0.15, 0.2) is 5.13 Å². The highest BCUT2D eigenvalue weighted by Gasteiger charge is 2.36. The Labute approximate surface area is 133 Å². The Bertz CT molecular complexity index is 586. The summed E-state index contributed by atoms with van der Waals surface area (Å²) in [6.45, 7) is 6.91. The molecule has 3 amide bonds. The van der Waals surface area contributed by atoms with Crippen LogP contribution in [0, 0.1) is 0 Å². The minimum atomic E-state index is -0.438. The van der Waals surface area contributed by atoms with Crippen LogP contribution in [0.25, 0.3) is 0 Å². The lowest BCUT2D eigenvalue weighted by Crippen LogP contribution is -2.58. The third-order valence-electron chi connectivity index (χ3n) is 3.62. The SMILES string of the molecule is CC[C@H]1C(=O)N(CC)CCN1C(=O)c1csc(NC(C)=O)n1. The Kier molecular flexibility index (Phi) is 5.12. The van der Waals surface area contributed by atoms with Crippen molar-refractivity contribution >= 4 is 34.2 Å². The zero-order chi connectivity index (χ0) is 16.3. The third-order valence-corrected chi connectivity index (χ3v) is 4.38. The summed E-state index contributed by atoms with van der Waals surface area (Å²) in [7, 11) is 0. The Morgan fingerprint density at radius 3 is 2.73 bits per heavy atom. The molecule has 0 aromatic carbocycles. The number of nitrogens with zero attached hydrogens (tertiary/aromatic N) is 3. The molecule has 8 heteroatoms. The van der Waals surface area contributed by atoms with Crippen molar-refractivity contribution in [3.8, 4) is 0 Å². The Morgan fingerprint density at radius 1 is 1.41 bits per heavy atom. The summed E-state index contributed by atoms with van der Waals surface area (Å²) in [4.78, 5) is 43.4. The van der Waals surface area contributed by atoms with Crippen LogP contribution in [0.4, 0.5) is 5.13 Å². The number of anilines is 1. The maximum atomic E-state index is 12.6.